The van der Waals surface area contributed by atoms with Crippen molar-refractivity contribution < 1.29 is 23.9 Å². The first-order valence-electron chi connectivity index (χ1n) is 12.8. The molecule has 3 aromatic rings. The minimum atomic E-state index is -0.792. The van der Waals surface area contributed by atoms with Crippen LogP contribution in [0.3, 0.4) is 0 Å². The smallest absolute Gasteiger partial charge is 0.407 e. The Balaban J connectivity index is 1.29. The highest BCUT2D eigenvalue weighted by atomic mass is 16.5. The molecule has 0 heterocycles. The number of primary amides is 1. The maximum Gasteiger partial charge on any atom is 0.407 e. The van der Waals surface area contributed by atoms with Gasteiger partial charge >= 0.3 is 6.09 Å². The van der Waals surface area contributed by atoms with Crippen LogP contribution in [0.1, 0.15) is 42.4 Å². The Bertz CT molecular complexity index is 1140. The quantitative estimate of drug-likeness (QED) is 0.260. The van der Waals surface area contributed by atoms with Crippen molar-refractivity contribution in [2.45, 2.75) is 51.4 Å². The van der Waals surface area contributed by atoms with E-state index in [1.807, 2.05) is 84.9 Å². The first-order chi connectivity index (χ1) is 18.5. The highest BCUT2D eigenvalue weighted by molar-refractivity contribution is 5.86. The molecule has 3 rings (SSSR count). The number of rotatable bonds is 15. The molecule has 0 aliphatic carbocycles. The SMILES string of the molecule is NC(=O)[C@@H](Cc1ccc(OCc2ccccc2)cc1)NC(=O)CCCCCNC(=O)OCc1ccccc1. The van der Waals surface area contributed by atoms with E-state index in [9.17, 15) is 14.4 Å². The number of hydrogen-bond acceptors (Lipinski definition) is 5. The summed E-state index contributed by atoms with van der Waals surface area (Å²) in [4.78, 5) is 36.0. The second kappa shape index (κ2) is 15.7. The Morgan fingerprint density at radius 2 is 1.37 bits per heavy atom. The van der Waals surface area contributed by atoms with Gasteiger partial charge in [0.1, 0.15) is 25.0 Å². The van der Waals surface area contributed by atoms with Crippen LogP contribution in [0.5, 0.6) is 5.75 Å². The van der Waals surface area contributed by atoms with Crippen molar-refractivity contribution in [1.82, 2.24) is 10.6 Å². The van der Waals surface area contributed by atoms with E-state index in [-0.39, 0.29) is 18.9 Å². The lowest BCUT2D eigenvalue weighted by molar-refractivity contribution is -0.127. The molecule has 0 spiro atoms. The van der Waals surface area contributed by atoms with Crippen molar-refractivity contribution in [3.63, 3.8) is 0 Å². The van der Waals surface area contributed by atoms with Gasteiger partial charge < -0.3 is 25.8 Å². The lowest BCUT2D eigenvalue weighted by Crippen LogP contribution is -2.45. The largest absolute Gasteiger partial charge is 0.489 e. The third kappa shape index (κ3) is 10.7. The standard InChI is InChI=1S/C30H35N3O5/c31-29(35)27(20-23-15-17-26(18-16-23)37-21-24-10-4-1-5-11-24)33-28(34)14-8-3-9-19-32-30(36)38-22-25-12-6-2-7-13-25/h1-2,4-7,10-13,15-18,27H,3,8-9,14,19-22H2,(H2,31,35)(H,32,36)(H,33,34)/t27-/m1/s1. The summed E-state index contributed by atoms with van der Waals surface area (Å²) in [5.74, 6) is -0.0935. The van der Waals surface area contributed by atoms with Crippen LogP contribution in [0.25, 0.3) is 0 Å². The second-order valence-electron chi connectivity index (χ2n) is 8.94. The molecule has 0 aliphatic rings. The molecule has 0 fully saturated rings. The third-order valence-corrected chi connectivity index (χ3v) is 5.85. The van der Waals surface area contributed by atoms with Crippen LogP contribution in [0.15, 0.2) is 84.9 Å². The number of carbonyl (C=O) groups is 3. The molecule has 0 radical (unpaired) electrons. The summed E-state index contributed by atoms with van der Waals surface area (Å²) in [6.07, 6.45) is 2.20. The van der Waals surface area contributed by atoms with Crippen molar-refractivity contribution in [2.75, 3.05) is 6.54 Å². The average molecular weight is 518 g/mol. The summed E-state index contributed by atoms with van der Waals surface area (Å²) in [6, 6.07) is 25.9. The molecule has 0 saturated heterocycles. The van der Waals surface area contributed by atoms with Crippen LogP contribution in [0, 0.1) is 0 Å². The number of ether oxygens (including phenoxy) is 2. The fraction of sp³-hybridized carbons (Fsp3) is 0.300. The van der Waals surface area contributed by atoms with Crippen LogP contribution >= 0.6 is 0 Å². The van der Waals surface area contributed by atoms with E-state index in [2.05, 4.69) is 10.6 Å². The van der Waals surface area contributed by atoms with Gasteiger partial charge in [0.25, 0.3) is 0 Å². The minimum absolute atomic E-state index is 0.222. The predicted octanol–water partition coefficient (Wildman–Crippen LogP) is 4.27. The van der Waals surface area contributed by atoms with Gasteiger partial charge in [0.05, 0.1) is 0 Å². The molecule has 0 saturated carbocycles. The number of hydrogen-bond donors (Lipinski definition) is 3. The molecule has 0 aromatic heterocycles. The van der Waals surface area contributed by atoms with Crippen molar-refractivity contribution in [1.29, 1.82) is 0 Å². The van der Waals surface area contributed by atoms with Gasteiger partial charge in [-0.1, -0.05) is 79.2 Å². The number of amides is 3. The number of nitrogens with two attached hydrogens (primary N) is 1. The van der Waals surface area contributed by atoms with Crippen molar-refractivity contribution >= 4 is 17.9 Å². The molecular weight excluding hydrogens is 482 g/mol. The van der Waals surface area contributed by atoms with E-state index in [1.54, 1.807) is 0 Å². The fourth-order valence-corrected chi connectivity index (χ4v) is 3.74. The van der Waals surface area contributed by atoms with E-state index in [0.29, 0.717) is 32.4 Å². The molecule has 200 valence electrons. The van der Waals surface area contributed by atoms with Crippen LogP contribution < -0.4 is 21.1 Å². The summed E-state index contributed by atoms with van der Waals surface area (Å²) < 4.78 is 10.9. The zero-order chi connectivity index (χ0) is 27.0. The summed E-state index contributed by atoms with van der Waals surface area (Å²) in [5, 5.41) is 5.44. The van der Waals surface area contributed by atoms with E-state index in [0.717, 1.165) is 28.9 Å². The van der Waals surface area contributed by atoms with Crippen LogP contribution in [-0.2, 0) is 34.0 Å². The average Bonchev–Trinajstić information content (AvgIpc) is 2.94. The topological polar surface area (TPSA) is 120 Å². The van der Waals surface area contributed by atoms with Crippen LogP contribution in [-0.4, -0.2) is 30.5 Å². The molecule has 0 unspecified atom stereocenters. The Morgan fingerprint density at radius 1 is 0.737 bits per heavy atom. The highest BCUT2D eigenvalue weighted by Gasteiger charge is 2.18. The number of alkyl carbamates (subject to hydrolysis) is 1. The molecule has 0 aliphatic heterocycles. The first-order valence-corrected chi connectivity index (χ1v) is 12.8. The van der Waals surface area contributed by atoms with Gasteiger partial charge in [-0.15, -0.1) is 0 Å². The third-order valence-electron chi connectivity index (χ3n) is 5.85. The first kappa shape index (κ1) is 28.2. The van der Waals surface area contributed by atoms with Gasteiger partial charge in [0, 0.05) is 19.4 Å². The molecular formula is C30H35N3O5. The Morgan fingerprint density at radius 3 is 2.00 bits per heavy atom. The molecule has 8 heteroatoms. The van der Waals surface area contributed by atoms with E-state index >= 15 is 0 Å². The van der Waals surface area contributed by atoms with Gasteiger partial charge in [-0.05, 0) is 41.7 Å². The molecule has 4 N–H and O–H groups in total. The number of nitrogens with one attached hydrogen (secondary N) is 2. The van der Waals surface area contributed by atoms with Crippen molar-refractivity contribution in [3.05, 3.63) is 102 Å². The Labute approximate surface area is 223 Å². The summed E-state index contributed by atoms with van der Waals surface area (Å²) >= 11 is 0. The second-order valence-corrected chi connectivity index (χ2v) is 8.94. The van der Waals surface area contributed by atoms with Crippen molar-refractivity contribution in [3.8, 4) is 5.75 Å². The van der Waals surface area contributed by atoms with Gasteiger partial charge in [-0.2, -0.15) is 0 Å². The molecule has 3 aromatic carbocycles. The summed E-state index contributed by atoms with van der Waals surface area (Å²) in [6.45, 7) is 1.15. The molecule has 38 heavy (non-hydrogen) atoms. The maximum atomic E-state index is 12.4. The van der Waals surface area contributed by atoms with Gasteiger partial charge in [-0.3, -0.25) is 9.59 Å². The molecule has 1 atom stereocenters. The summed E-state index contributed by atoms with van der Waals surface area (Å²) in [5.41, 5.74) is 8.39. The van der Waals surface area contributed by atoms with E-state index in [4.69, 9.17) is 15.2 Å². The maximum absolute atomic E-state index is 12.4. The van der Waals surface area contributed by atoms with Gasteiger partial charge in [0.15, 0.2) is 0 Å². The normalized spacial score (nSPS) is 11.3. The number of carbonyl (C=O) groups excluding carboxylic acids is 3. The summed E-state index contributed by atoms with van der Waals surface area (Å²) in [7, 11) is 0. The van der Waals surface area contributed by atoms with E-state index in [1.165, 1.54) is 0 Å². The van der Waals surface area contributed by atoms with Crippen LogP contribution in [0.2, 0.25) is 0 Å². The fourth-order valence-electron chi connectivity index (χ4n) is 3.74. The van der Waals surface area contributed by atoms with E-state index < -0.39 is 18.0 Å². The number of unbranched alkanes of at least 4 members (excludes halogenated alkanes) is 2. The highest BCUT2D eigenvalue weighted by Crippen LogP contribution is 2.15. The monoisotopic (exact) mass is 517 g/mol. The minimum Gasteiger partial charge on any atom is -0.489 e. The zero-order valence-corrected chi connectivity index (χ0v) is 21.4. The van der Waals surface area contributed by atoms with Crippen molar-refractivity contribution in [2.24, 2.45) is 5.73 Å². The van der Waals surface area contributed by atoms with Crippen LogP contribution in [0.4, 0.5) is 4.79 Å². The molecule has 3 amide bonds. The zero-order valence-electron chi connectivity index (χ0n) is 21.4. The van der Waals surface area contributed by atoms with Gasteiger partial charge in [0.2, 0.25) is 11.8 Å². The van der Waals surface area contributed by atoms with Gasteiger partial charge in [-0.25, -0.2) is 4.79 Å². The molecule has 0 bridgehead atoms. The predicted molar refractivity (Wildman–Crippen MR) is 145 cm³/mol. The number of benzene rings is 3. The molecule has 8 nitrogen and oxygen atoms in total. The lowest BCUT2D eigenvalue weighted by atomic mass is 10.0. The Hall–Kier alpha value is -4.33. The Kier molecular flexibility index (Phi) is 11.7. The lowest BCUT2D eigenvalue weighted by Gasteiger charge is -2.16.